The van der Waals surface area contributed by atoms with Crippen molar-refractivity contribution >= 4 is 5.78 Å². The molecule has 0 N–H and O–H groups in total. The second-order valence-corrected chi connectivity index (χ2v) is 3.70. The molecule has 0 heterocycles. The first-order valence-electron chi connectivity index (χ1n) is 5.71. The van der Waals surface area contributed by atoms with E-state index in [1.54, 1.807) is 6.08 Å². The summed E-state index contributed by atoms with van der Waals surface area (Å²) in [5.74, 6) is 0.255. The maximum atomic E-state index is 11.3. The maximum absolute atomic E-state index is 11.3. The Kier molecular flexibility index (Phi) is 6.46. The molecule has 0 fully saturated rings. The minimum Gasteiger partial charge on any atom is -0.298 e. The molecule has 0 saturated carbocycles. The largest absolute Gasteiger partial charge is 0.298 e. The molecule has 0 aromatic carbocycles. The van der Waals surface area contributed by atoms with E-state index < -0.39 is 0 Å². The van der Waals surface area contributed by atoms with Crippen LogP contribution in [0.2, 0.25) is 0 Å². The molecule has 14 heavy (non-hydrogen) atoms. The van der Waals surface area contributed by atoms with Gasteiger partial charge >= 0.3 is 0 Å². The third-order valence-electron chi connectivity index (χ3n) is 2.96. The molecular formula is C12H24NO+. The number of hydrogen-bond donors (Lipinski definition) is 0. The van der Waals surface area contributed by atoms with Gasteiger partial charge in [0.2, 0.25) is 0 Å². The highest BCUT2D eigenvalue weighted by Gasteiger charge is 2.16. The monoisotopic (exact) mass is 198 g/mol. The lowest BCUT2D eigenvalue weighted by Gasteiger charge is -2.31. The highest BCUT2D eigenvalue weighted by molar-refractivity contribution is 5.89. The Morgan fingerprint density at radius 1 is 1.07 bits per heavy atom. The van der Waals surface area contributed by atoms with Crippen molar-refractivity contribution in [2.45, 2.75) is 40.5 Å². The van der Waals surface area contributed by atoms with E-state index >= 15 is 0 Å². The Morgan fingerprint density at radius 3 is 1.93 bits per heavy atom. The van der Waals surface area contributed by atoms with Gasteiger partial charge in [-0.15, -0.1) is 0 Å². The molecule has 2 nitrogen and oxygen atoms in total. The number of carbonyl (C=O) groups excluding carboxylic acids is 1. The number of ketones is 1. The van der Waals surface area contributed by atoms with Gasteiger partial charge in [0, 0.05) is 12.5 Å². The first-order valence-corrected chi connectivity index (χ1v) is 5.71. The molecule has 0 radical (unpaired) electrons. The van der Waals surface area contributed by atoms with Crippen LogP contribution < -0.4 is 0 Å². The molecule has 0 saturated heterocycles. The van der Waals surface area contributed by atoms with Crippen molar-refractivity contribution in [2.24, 2.45) is 0 Å². The van der Waals surface area contributed by atoms with Crippen molar-refractivity contribution in [1.29, 1.82) is 0 Å². The molecule has 0 amide bonds. The minimum absolute atomic E-state index is 0.255. The Morgan fingerprint density at radius 2 is 1.57 bits per heavy atom. The molecule has 0 aliphatic rings. The number of hydrogen-bond acceptors (Lipinski definition) is 1. The zero-order chi connectivity index (χ0) is 11.0. The number of allylic oxidation sites excluding steroid dienone is 1. The van der Waals surface area contributed by atoms with Crippen molar-refractivity contribution < 1.29 is 9.28 Å². The summed E-state index contributed by atoms with van der Waals surface area (Å²) in [5, 5.41) is 0. The van der Waals surface area contributed by atoms with E-state index in [9.17, 15) is 4.79 Å². The molecule has 0 spiro atoms. The Bertz CT molecular complexity index is 184. The topological polar surface area (TPSA) is 17.1 Å². The third kappa shape index (κ3) is 4.05. The van der Waals surface area contributed by atoms with E-state index in [-0.39, 0.29) is 5.78 Å². The molecule has 0 rings (SSSR count). The molecular weight excluding hydrogens is 174 g/mol. The lowest BCUT2D eigenvalue weighted by atomic mass is 10.2. The number of carbonyl (C=O) groups is 1. The van der Waals surface area contributed by atoms with Gasteiger partial charge in [-0.2, -0.15) is 0 Å². The summed E-state index contributed by atoms with van der Waals surface area (Å²) in [5.41, 5.74) is 0. The molecule has 82 valence electrons. The molecule has 0 aliphatic heterocycles. The molecule has 0 aliphatic carbocycles. The van der Waals surface area contributed by atoms with E-state index in [2.05, 4.69) is 27.0 Å². The molecule has 0 bridgehead atoms. The van der Waals surface area contributed by atoms with E-state index in [0.29, 0.717) is 6.42 Å². The predicted octanol–water partition coefficient (Wildman–Crippen LogP) is 2.75. The standard InChI is InChI=1S/C12H24NO/c1-5-9-12(14)10-11-13(6-2,7-3)8-4/h10-11H,5-9H2,1-4H3/q+1/b11-10+. The quantitative estimate of drug-likeness (QED) is 0.454. The lowest BCUT2D eigenvalue weighted by Crippen LogP contribution is -2.42. The molecule has 0 unspecified atom stereocenters. The summed E-state index contributed by atoms with van der Waals surface area (Å²) >= 11 is 0. The van der Waals surface area contributed by atoms with Gasteiger partial charge in [-0.25, -0.2) is 0 Å². The zero-order valence-corrected chi connectivity index (χ0v) is 10.0. The van der Waals surface area contributed by atoms with E-state index in [1.807, 2.05) is 6.92 Å². The fourth-order valence-corrected chi connectivity index (χ4v) is 1.56. The summed E-state index contributed by atoms with van der Waals surface area (Å²) in [4.78, 5) is 11.3. The van der Waals surface area contributed by atoms with Crippen LogP contribution in [0.4, 0.5) is 0 Å². The second-order valence-electron chi connectivity index (χ2n) is 3.70. The fraction of sp³-hybridized carbons (Fsp3) is 0.750. The van der Waals surface area contributed by atoms with Crippen LogP contribution in [0.15, 0.2) is 12.3 Å². The highest BCUT2D eigenvalue weighted by Crippen LogP contribution is 2.07. The van der Waals surface area contributed by atoms with Crippen molar-refractivity contribution in [3.8, 4) is 0 Å². The second kappa shape index (κ2) is 6.77. The number of rotatable bonds is 7. The molecule has 0 aromatic rings. The normalized spacial score (nSPS) is 12.3. The average molecular weight is 198 g/mol. The van der Waals surface area contributed by atoms with Crippen molar-refractivity contribution in [3.63, 3.8) is 0 Å². The van der Waals surface area contributed by atoms with Gasteiger partial charge in [0.05, 0.1) is 25.8 Å². The van der Waals surface area contributed by atoms with Crippen molar-refractivity contribution in [1.82, 2.24) is 0 Å². The van der Waals surface area contributed by atoms with Crippen LogP contribution in [0.25, 0.3) is 0 Å². The van der Waals surface area contributed by atoms with Crippen LogP contribution in [0.1, 0.15) is 40.5 Å². The van der Waals surface area contributed by atoms with Gasteiger partial charge in [0.1, 0.15) is 0 Å². The summed E-state index contributed by atoms with van der Waals surface area (Å²) in [6.07, 6.45) is 5.44. The first kappa shape index (κ1) is 13.4. The predicted molar refractivity (Wildman–Crippen MR) is 60.9 cm³/mol. The average Bonchev–Trinajstić information content (AvgIpc) is 2.21. The van der Waals surface area contributed by atoms with Crippen LogP contribution >= 0.6 is 0 Å². The SMILES string of the molecule is CCCC(=O)/C=C/[N+](CC)(CC)CC. The van der Waals surface area contributed by atoms with Crippen LogP contribution in [0.5, 0.6) is 0 Å². The summed E-state index contributed by atoms with van der Waals surface area (Å²) in [6.45, 7) is 11.7. The van der Waals surface area contributed by atoms with Crippen LogP contribution in [-0.2, 0) is 4.79 Å². The molecule has 0 aromatic heterocycles. The van der Waals surface area contributed by atoms with Crippen molar-refractivity contribution in [3.05, 3.63) is 12.3 Å². The van der Waals surface area contributed by atoms with Crippen LogP contribution in [-0.4, -0.2) is 29.9 Å². The zero-order valence-electron chi connectivity index (χ0n) is 10.0. The van der Waals surface area contributed by atoms with Crippen LogP contribution in [0, 0.1) is 0 Å². The van der Waals surface area contributed by atoms with Gasteiger partial charge in [-0.3, -0.25) is 9.28 Å². The molecule has 0 atom stereocenters. The Labute approximate surface area is 88.2 Å². The van der Waals surface area contributed by atoms with Crippen LogP contribution in [0.3, 0.4) is 0 Å². The van der Waals surface area contributed by atoms with Crippen molar-refractivity contribution in [2.75, 3.05) is 19.6 Å². The van der Waals surface area contributed by atoms with Gasteiger partial charge in [0.15, 0.2) is 5.78 Å². The first-order chi connectivity index (χ1) is 6.64. The van der Waals surface area contributed by atoms with Gasteiger partial charge in [-0.05, 0) is 27.2 Å². The molecule has 2 heteroatoms. The highest BCUT2D eigenvalue weighted by atomic mass is 16.1. The summed E-state index contributed by atoms with van der Waals surface area (Å²) in [7, 11) is 0. The summed E-state index contributed by atoms with van der Waals surface area (Å²) in [6, 6.07) is 0. The van der Waals surface area contributed by atoms with E-state index in [4.69, 9.17) is 0 Å². The van der Waals surface area contributed by atoms with Gasteiger partial charge in [0.25, 0.3) is 0 Å². The Hall–Kier alpha value is -0.630. The number of nitrogens with zero attached hydrogens (tertiary/aromatic N) is 1. The maximum Gasteiger partial charge on any atom is 0.160 e. The smallest absolute Gasteiger partial charge is 0.160 e. The third-order valence-corrected chi connectivity index (χ3v) is 2.96. The van der Waals surface area contributed by atoms with E-state index in [1.165, 1.54) is 0 Å². The van der Waals surface area contributed by atoms with Gasteiger partial charge < -0.3 is 0 Å². The Balaban J connectivity index is 4.35. The van der Waals surface area contributed by atoms with Gasteiger partial charge in [-0.1, -0.05) is 6.92 Å². The minimum atomic E-state index is 0.255. The summed E-state index contributed by atoms with van der Waals surface area (Å²) < 4.78 is 0.912. The number of quaternary nitrogens is 1. The lowest BCUT2D eigenvalue weighted by molar-refractivity contribution is -0.874. The fourth-order valence-electron chi connectivity index (χ4n) is 1.56. The van der Waals surface area contributed by atoms with E-state index in [0.717, 1.165) is 30.5 Å².